The van der Waals surface area contributed by atoms with Gasteiger partial charge in [-0.2, -0.15) is 0 Å². The second-order valence-corrected chi connectivity index (χ2v) is 6.63. The first-order chi connectivity index (χ1) is 9.70. The van der Waals surface area contributed by atoms with E-state index in [1.165, 1.54) is 19.3 Å². The summed E-state index contributed by atoms with van der Waals surface area (Å²) >= 11 is 0. The van der Waals surface area contributed by atoms with Gasteiger partial charge in [0.2, 0.25) is 0 Å². The maximum absolute atomic E-state index is 6.17. The molecule has 0 aromatic rings. The molecule has 0 aromatic carbocycles. The zero-order valence-electron chi connectivity index (χ0n) is 13.3. The number of hydrogen-bond donors (Lipinski definition) is 1. The summed E-state index contributed by atoms with van der Waals surface area (Å²) in [6.45, 7) is 6.78. The second-order valence-electron chi connectivity index (χ2n) is 6.63. The van der Waals surface area contributed by atoms with Gasteiger partial charge in [-0.1, -0.05) is 13.3 Å². The summed E-state index contributed by atoms with van der Waals surface area (Å²) in [5, 5.41) is 0. The average Bonchev–Trinajstić information content (AvgIpc) is 2.48. The summed E-state index contributed by atoms with van der Waals surface area (Å²) < 4.78 is 11.5. The Hall–Kier alpha value is -0.160. The second kappa shape index (κ2) is 7.74. The Labute approximate surface area is 124 Å². The van der Waals surface area contributed by atoms with Gasteiger partial charge in [0.1, 0.15) is 0 Å². The fourth-order valence-electron chi connectivity index (χ4n) is 3.73. The van der Waals surface area contributed by atoms with Crippen molar-refractivity contribution in [3.05, 3.63) is 0 Å². The number of nitrogens with two attached hydrogens (primary N) is 1. The predicted octanol–water partition coefficient (Wildman–Crippen LogP) is 2.02. The number of nitrogens with zero attached hydrogens (tertiary/aromatic N) is 1. The highest BCUT2D eigenvalue weighted by Crippen LogP contribution is 2.32. The quantitative estimate of drug-likeness (QED) is 0.810. The number of likely N-dealkylation sites (N-methyl/N-ethyl adjacent to an activating group) is 1. The van der Waals surface area contributed by atoms with E-state index in [2.05, 4.69) is 18.9 Å². The van der Waals surface area contributed by atoms with Crippen molar-refractivity contribution in [3.8, 4) is 0 Å². The van der Waals surface area contributed by atoms with Gasteiger partial charge in [0.15, 0.2) is 0 Å². The van der Waals surface area contributed by atoms with Crippen LogP contribution >= 0.6 is 0 Å². The van der Waals surface area contributed by atoms with E-state index in [-0.39, 0.29) is 5.54 Å². The molecule has 2 fully saturated rings. The summed E-state index contributed by atoms with van der Waals surface area (Å²) in [6, 6.07) is 0. The van der Waals surface area contributed by atoms with Crippen LogP contribution in [0.1, 0.15) is 45.4 Å². The Kier molecular flexibility index (Phi) is 6.27. The third-order valence-electron chi connectivity index (χ3n) is 5.12. The van der Waals surface area contributed by atoms with Crippen LogP contribution in [0.4, 0.5) is 0 Å². The summed E-state index contributed by atoms with van der Waals surface area (Å²) in [7, 11) is 2.25. The Bertz CT molecular complexity index is 280. The van der Waals surface area contributed by atoms with Gasteiger partial charge in [0, 0.05) is 31.8 Å². The highest BCUT2D eigenvalue weighted by Gasteiger charge is 2.39. The smallest absolute Gasteiger partial charge is 0.0593 e. The first kappa shape index (κ1) is 16.2. The van der Waals surface area contributed by atoms with E-state index in [9.17, 15) is 0 Å². The molecule has 0 amide bonds. The van der Waals surface area contributed by atoms with Crippen LogP contribution in [-0.2, 0) is 9.47 Å². The van der Waals surface area contributed by atoms with E-state index < -0.39 is 0 Å². The Morgan fingerprint density at radius 1 is 1.35 bits per heavy atom. The minimum Gasteiger partial charge on any atom is -0.381 e. The maximum atomic E-state index is 6.17. The van der Waals surface area contributed by atoms with Crippen LogP contribution < -0.4 is 5.73 Å². The van der Waals surface area contributed by atoms with Gasteiger partial charge in [-0.25, -0.2) is 0 Å². The summed E-state index contributed by atoms with van der Waals surface area (Å²) in [5.74, 6) is 0.671. The SMILES string of the molecule is CCCC1CC(CN)(N(C)CC2CCCOC2)CCO1. The molecule has 0 bridgehead atoms. The Morgan fingerprint density at radius 2 is 2.20 bits per heavy atom. The lowest BCUT2D eigenvalue weighted by Gasteiger charge is -2.47. The first-order valence-electron chi connectivity index (χ1n) is 8.31. The fourth-order valence-corrected chi connectivity index (χ4v) is 3.73. The van der Waals surface area contributed by atoms with Gasteiger partial charge < -0.3 is 15.2 Å². The molecule has 2 aliphatic rings. The molecule has 0 radical (unpaired) electrons. The third kappa shape index (κ3) is 3.94. The van der Waals surface area contributed by atoms with Crippen LogP contribution in [0.15, 0.2) is 0 Å². The fraction of sp³-hybridized carbons (Fsp3) is 1.00. The van der Waals surface area contributed by atoms with E-state index in [4.69, 9.17) is 15.2 Å². The van der Waals surface area contributed by atoms with Gasteiger partial charge in [-0.3, -0.25) is 4.90 Å². The molecule has 0 spiro atoms. The molecule has 20 heavy (non-hydrogen) atoms. The van der Waals surface area contributed by atoms with Crippen molar-refractivity contribution in [2.24, 2.45) is 11.7 Å². The van der Waals surface area contributed by atoms with Crippen molar-refractivity contribution in [3.63, 3.8) is 0 Å². The Morgan fingerprint density at radius 3 is 2.85 bits per heavy atom. The molecule has 118 valence electrons. The summed E-state index contributed by atoms with van der Waals surface area (Å²) in [5.41, 5.74) is 6.31. The lowest BCUT2D eigenvalue weighted by molar-refractivity contribution is -0.0750. The average molecular weight is 284 g/mol. The molecular weight excluding hydrogens is 252 g/mol. The van der Waals surface area contributed by atoms with Crippen molar-refractivity contribution in [2.45, 2.75) is 57.1 Å². The van der Waals surface area contributed by atoms with E-state index >= 15 is 0 Å². The molecule has 0 aromatic heterocycles. The highest BCUT2D eigenvalue weighted by atomic mass is 16.5. The maximum Gasteiger partial charge on any atom is 0.0593 e. The summed E-state index contributed by atoms with van der Waals surface area (Å²) in [6.07, 6.45) is 7.38. The largest absolute Gasteiger partial charge is 0.381 e. The number of rotatable bonds is 6. The van der Waals surface area contributed by atoms with E-state index in [1.807, 2.05) is 0 Å². The van der Waals surface area contributed by atoms with E-state index in [0.29, 0.717) is 12.0 Å². The van der Waals surface area contributed by atoms with Crippen LogP contribution in [0.25, 0.3) is 0 Å². The van der Waals surface area contributed by atoms with Crippen molar-refractivity contribution >= 4 is 0 Å². The zero-order valence-corrected chi connectivity index (χ0v) is 13.3. The van der Waals surface area contributed by atoms with Crippen molar-refractivity contribution in [1.82, 2.24) is 4.90 Å². The molecule has 0 aliphatic carbocycles. The lowest BCUT2D eigenvalue weighted by atomic mass is 9.83. The lowest BCUT2D eigenvalue weighted by Crippen LogP contribution is -2.58. The molecular formula is C16H32N2O2. The van der Waals surface area contributed by atoms with Crippen molar-refractivity contribution in [1.29, 1.82) is 0 Å². The number of hydrogen-bond acceptors (Lipinski definition) is 4. The van der Waals surface area contributed by atoms with Crippen LogP contribution in [0.5, 0.6) is 0 Å². The molecule has 2 N–H and O–H groups in total. The van der Waals surface area contributed by atoms with Crippen LogP contribution in [-0.4, -0.2) is 56.5 Å². The molecule has 3 unspecified atom stereocenters. The molecule has 2 saturated heterocycles. The third-order valence-corrected chi connectivity index (χ3v) is 5.12. The topological polar surface area (TPSA) is 47.7 Å². The predicted molar refractivity (Wildman–Crippen MR) is 81.8 cm³/mol. The van der Waals surface area contributed by atoms with Gasteiger partial charge in [-0.05, 0) is 45.1 Å². The normalized spacial score (nSPS) is 35.4. The van der Waals surface area contributed by atoms with Gasteiger partial charge >= 0.3 is 0 Å². The molecule has 2 heterocycles. The minimum absolute atomic E-state index is 0.134. The Balaban J connectivity index is 1.93. The van der Waals surface area contributed by atoms with Crippen LogP contribution in [0.3, 0.4) is 0 Å². The molecule has 4 nitrogen and oxygen atoms in total. The molecule has 4 heteroatoms. The van der Waals surface area contributed by atoms with Gasteiger partial charge in [0.25, 0.3) is 0 Å². The molecule has 2 rings (SSSR count). The summed E-state index contributed by atoms with van der Waals surface area (Å²) in [4.78, 5) is 2.51. The zero-order chi connectivity index (χ0) is 14.4. The first-order valence-corrected chi connectivity index (χ1v) is 8.31. The van der Waals surface area contributed by atoms with E-state index in [1.54, 1.807) is 0 Å². The molecule has 2 aliphatic heterocycles. The van der Waals surface area contributed by atoms with Crippen LogP contribution in [0, 0.1) is 5.92 Å². The monoisotopic (exact) mass is 284 g/mol. The standard InChI is InChI=1S/C16H32N2O2/c1-3-5-15-10-16(13-17,7-9-20-15)18(2)11-14-6-4-8-19-12-14/h14-15H,3-13,17H2,1-2H3. The molecule has 3 atom stereocenters. The van der Waals surface area contributed by atoms with Gasteiger partial charge in [-0.15, -0.1) is 0 Å². The van der Waals surface area contributed by atoms with E-state index in [0.717, 1.165) is 52.2 Å². The van der Waals surface area contributed by atoms with Crippen molar-refractivity contribution in [2.75, 3.05) is 40.0 Å². The van der Waals surface area contributed by atoms with Crippen molar-refractivity contribution < 1.29 is 9.47 Å². The van der Waals surface area contributed by atoms with Gasteiger partial charge in [0.05, 0.1) is 12.7 Å². The van der Waals surface area contributed by atoms with Crippen LogP contribution in [0.2, 0.25) is 0 Å². The number of ether oxygens (including phenoxy) is 2. The highest BCUT2D eigenvalue weighted by molar-refractivity contribution is 4.96. The molecule has 0 saturated carbocycles. The minimum atomic E-state index is 0.134.